The Morgan fingerprint density at radius 3 is 2.21 bits per heavy atom. The minimum atomic E-state index is -0.761. The molecule has 1 saturated heterocycles. The van der Waals surface area contributed by atoms with Gasteiger partial charge in [-0.3, -0.25) is 14.5 Å². The molecule has 1 aliphatic rings. The zero-order valence-corrected chi connectivity index (χ0v) is 19.3. The maximum atomic E-state index is 13.3. The van der Waals surface area contributed by atoms with Gasteiger partial charge in [-0.15, -0.1) is 0 Å². The summed E-state index contributed by atoms with van der Waals surface area (Å²) in [6, 6.07) is 19.6. The average Bonchev–Trinajstić information content (AvgIpc) is 3.09. The fourth-order valence-corrected chi connectivity index (χ4v) is 4.31. The minimum absolute atomic E-state index is 0.0781. The summed E-state index contributed by atoms with van der Waals surface area (Å²) in [7, 11) is 1.58. The number of ether oxygens (including phenoxy) is 1. The number of hydrogen-bond acceptors (Lipinski definition) is 4. The lowest BCUT2D eigenvalue weighted by Crippen LogP contribution is -2.30. The van der Waals surface area contributed by atoms with E-state index in [-0.39, 0.29) is 11.3 Å². The van der Waals surface area contributed by atoms with Crippen LogP contribution in [0.25, 0.3) is 5.76 Å². The molecule has 3 aromatic carbocycles. The van der Waals surface area contributed by atoms with Gasteiger partial charge in [-0.2, -0.15) is 0 Å². The second kappa shape index (κ2) is 8.94. The third-order valence-corrected chi connectivity index (χ3v) is 6.12. The first-order valence-electron chi connectivity index (χ1n) is 11.0. The molecule has 1 heterocycles. The van der Waals surface area contributed by atoms with Crippen molar-refractivity contribution in [2.75, 3.05) is 12.0 Å². The van der Waals surface area contributed by atoms with Crippen LogP contribution in [0.2, 0.25) is 0 Å². The van der Waals surface area contributed by atoms with Crippen LogP contribution >= 0.6 is 0 Å². The van der Waals surface area contributed by atoms with Crippen LogP contribution in [-0.2, 0) is 16.0 Å². The van der Waals surface area contributed by atoms with E-state index in [1.807, 2.05) is 63.2 Å². The Kier molecular flexibility index (Phi) is 6.05. The van der Waals surface area contributed by atoms with Crippen LogP contribution in [-0.4, -0.2) is 23.9 Å². The predicted molar refractivity (Wildman–Crippen MR) is 130 cm³/mol. The van der Waals surface area contributed by atoms with Crippen molar-refractivity contribution in [1.82, 2.24) is 0 Å². The summed E-state index contributed by atoms with van der Waals surface area (Å²) in [6.45, 7) is 5.94. The number of carbonyl (C=O) groups excluding carboxylic acids is 2. The molecule has 1 fully saturated rings. The molecule has 3 aromatic rings. The molecule has 0 bridgehead atoms. The number of aryl methyl sites for hydroxylation is 3. The van der Waals surface area contributed by atoms with Crippen molar-refractivity contribution < 1.29 is 19.4 Å². The van der Waals surface area contributed by atoms with Crippen molar-refractivity contribution in [3.05, 3.63) is 100 Å². The molecule has 0 aromatic heterocycles. The molecular formula is C28H27NO4. The molecule has 1 atom stereocenters. The Morgan fingerprint density at radius 1 is 0.970 bits per heavy atom. The molecule has 0 radical (unpaired) electrons. The molecule has 5 nitrogen and oxygen atoms in total. The maximum absolute atomic E-state index is 13.3. The van der Waals surface area contributed by atoms with E-state index in [1.165, 1.54) is 4.90 Å². The first-order valence-corrected chi connectivity index (χ1v) is 11.0. The fraction of sp³-hybridized carbons (Fsp3) is 0.214. The fourth-order valence-electron chi connectivity index (χ4n) is 4.31. The summed E-state index contributed by atoms with van der Waals surface area (Å²) in [4.78, 5) is 28.1. The molecule has 1 aliphatic heterocycles. The largest absolute Gasteiger partial charge is 0.507 e. The highest BCUT2D eigenvalue weighted by Crippen LogP contribution is 2.43. The van der Waals surface area contributed by atoms with E-state index in [1.54, 1.807) is 31.4 Å². The Morgan fingerprint density at radius 2 is 1.64 bits per heavy atom. The monoisotopic (exact) mass is 441 g/mol. The zero-order valence-electron chi connectivity index (χ0n) is 19.3. The highest BCUT2D eigenvalue weighted by molar-refractivity contribution is 6.51. The number of anilines is 1. The van der Waals surface area contributed by atoms with Crippen LogP contribution in [0.4, 0.5) is 5.69 Å². The number of aliphatic hydroxyl groups excluding tert-OH is 1. The van der Waals surface area contributed by atoms with Crippen molar-refractivity contribution in [1.29, 1.82) is 0 Å². The van der Waals surface area contributed by atoms with Gasteiger partial charge in [0, 0.05) is 11.3 Å². The second-order valence-corrected chi connectivity index (χ2v) is 8.28. The number of carbonyl (C=O) groups is 2. The van der Waals surface area contributed by atoms with E-state index in [9.17, 15) is 14.7 Å². The van der Waals surface area contributed by atoms with Crippen molar-refractivity contribution in [3.8, 4) is 5.75 Å². The molecule has 168 valence electrons. The van der Waals surface area contributed by atoms with Gasteiger partial charge in [0.05, 0.1) is 18.7 Å². The highest BCUT2D eigenvalue weighted by Gasteiger charge is 2.47. The third-order valence-electron chi connectivity index (χ3n) is 6.12. The minimum Gasteiger partial charge on any atom is -0.507 e. The number of ketones is 1. The number of hydrogen-bond donors (Lipinski definition) is 1. The summed E-state index contributed by atoms with van der Waals surface area (Å²) in [5.74, 6) is -0.871. The van der Waals surface area contributed by atoms with E-state index in [2.05, 4.69) is 0 Å². The first kappa shape index (κ1) is 22.3. The average molecular weight is 442 g/mol. The molecular weight excluding hydrogens is 414 g/mol. The lowest BCUT2D eigenvalue weighted by Gasteiger charge is -2.27. The van der Waals surface area contributed by atoms with Crippen LogP contribution in [0.5, 0.6) is 5.75 Å². The lowest BCUT2D eigenvalue weighted by atomic mass is 9.94. The van der Waals surface area contributed by atoms with Gasteiger partial charge in [-0.05, 0) is 55.2 Å². The number of nitrogens with zero attached hydrogens (tertiary/aromatic N) is 1. The number of methoxy groups -OCH3 is 1. The molecule has 0 spiro atoms. The van der Waals surface area contributed by atoms with Gasteiger partial charge in [0.1, 0.15) is 11.5 Å². The van der Waals surface area contributed by atoms with Crippen molar-refractivity contribution in [2.45, 2.75) is 33.2 Å². The van der Waals surface area contributed by atoms with Crippen LogP contribution in [0.15, 0.2) is 72.3 Å². The maximum Gasteiger partial charge on any atom is 0.300 e. The number of benzene rings is 3. The molecule has 5 heteroatoms. The summed E-state index contributed by atoms with van der Waals surface area (Å²) in [5.41, 5.74) is 4.99. The summed E-state index contributed by atoms with van der Waals surface area (Å²) in [6.07, 6.45) is 0.865. The Balaban J connectivity index is 1.93. The lowest BCUT2D eigenvalue weighted by molar-refractivity contribution is -0.132. The van der Waals surface area contributed by atoms with Gasteiger partial charge in [0.15, 0.2) is 0 Å². The third kappa shape index (κ3) is 4.02. The topological polar surface area (TPSA) is 66.8 Å². The Hall–Kier alpha value is -3.86. The molecule has 0 saturated carbocycles. The van der Waals surface area contributed by atoms with E-state index < -0.39 is 17.7 Å². The summed E-state index contributed by atoms with van der Waals surface area (Å²) in [5, 5.41) is 11.2. The van der Waals surface area contributed by atoms with E-state index in [0.29, 0.717) is 22.6 Å². The molecule has 0 aliphatic carbocycles. The summed E-state index contributed by atoms with van der Waals surface area (Å²) < 4.78 is 5.27. The van der Waals surface area contributed by atoms with Gasteiger partial charge < -0.3 is 9.84 Å². The molecule has 1 amide bonds. The van der Waals surface area contributed by atoms with Crippen molar-refractivity contribution in [3.63, 3.8) is 0 Å². The van der Waals surface area contributed by atoms with Crippen molar-refractivity contribution >= 4 is 23.1 Å². The first-order chi connectivity index (χ1) is 15.8. The van der Waals surface area contributed by atoms with E-state index in [0.717, 1.165) is 23.1 Å². The van der Waals surface area contributed by atoms with E-state index >= 15 is 0 Å². The summed E-state index contributed by atoms with van der Waals surface area (Å²) >= 11 is 0. The standard InChI is InChI=1S/C28H27NO4/c1-5-19-7-9-21(10-8-19)26(30)24-25(20-11-13-22(33-4)14-12-20)29(28(32)27(24)31)23-15-6-17(2)16-18(23)3/h6-16,25,30H,5H2,1-4H3/b26-24+. The van der Waals surface area contributed by atoms with Gasteiger partial charge in [-0.25, -0.2) is 0 Å². The normalized spacial score (nSPS) is 17.5. The quantitative estimate of drug-likeness (QED) is 0.322. The zero-order chi connectivity index (χ0) is 23.7. The van der Waals surface area contributed by atoms with Gasteiger partial charge in [-0.1, -0.05) is 61.0 Å². The Labute approximate surface area is 193 Å². The molecule has 4 rings (SSSR count). The van der Waals surface area contributed by atoms with Gasteiger partial charge in [0.2, 0.25) is 0 Å². The van der Waals surface area contributed by atoms with Gasteiger partial charge in [0.25, 0.3) is 11.7 Å². The van der Waals surface area contributed by atoms with Crippen LogP contribution in [0.3, 0.4) is 0 Å². The number of Topliss-reactive ketones (excluding diaryl/α,β-unsaturated/α-hetero) is 1. The predicted octanol–water partition coefficient (Wildman–Crippen LogP) is 5.50. The molecule has 1 N–H and O–H groups in total. The molecule has 33 heavy (non-hydrogen) atoms. The Bertz CT molecular complexity index is 1240. The van der Waals surface area contributed by atoms with Crippen molar-refractivity contribution in [2.24, 2.45) is 0 Å². The van der Waals surface area contributed by atoms with E-state index in [4.69, 9.17) is 4.74 Å². The number of amides is 1. The molecule has 1 unspecified atom stereocenters. The van der Waals surface area contributed by atoms with Crippen LogP contribution < -0.4 is 9.64 Å². The highest BCUT2D eigenvalue weighted by atomic mass is 16.5. The van der Waals surface area contributed by atoms with Gasteiger partial charge >= 0.3 is 0 Å². The smallest absolute Gasteiger partial charge is 0.300 e. The SMILES string of the molecule is CCc1ccc(/C(O)=C2\C(=O)C(=O)N(c3ccc(C)cc3C)C2c2ccc(OC)cc2)cc1. The van der Waals surface area contributed by atoms with Crippen LogP contribution in [0.1, 0.15) is 40.8 Å². The second-order valence-electron chi connectivity index (χ2n) is 8.28. The number of rotatable bonds is 5. The number of aliphatic hydroxyl groups is 1. The van der Waals surface area contributed by atoms with Crippen LogP contribution in [0, 0.1) is 13.8 Å².